The number of likely N-dealkylation sites (tertiary alicyclic amines) is 1. The minimum absolute atomic E-state index is 0.0874. The van der Waals surface area contributed by atoms with Gasteiger partial charge in [-0.25, -0.2) is 0 Å². The highest BCUT2D eigenvalue weighted by Crippen LogP contribution is 2.23. The monoisotopic (exact) mass is 400 g/mol. The maximum absolute atomic E-state index is 12.7. The minimum atomic E-state index is 0.0874. The van der Waals surface area contributed by atoms with Gasteiger partial charge >= 0.3 is 0 Å². The Morgan fingerprint density at radius 3 is 2.38 bits per heavy atom. The van der Waals surface area contributed by atoms with E-state index >= 15 is 0 Å². The molecule has 1 aliphatic rings. The van der Waals surface area contributed by atoms with Crippen LogP contribution in [0.15, 0.2) is 30.3 Å². The second kappa shape index (κ2) is 13.8. The highest BCUT2D eigenvalue weighted by atomic mass is 16.1. The van der Waals surface area contributed by atoms with Gasteiger partial charge in [0.2, 0.25) is 5.91 Å². The van der Waals surface area contributed by atoms with Crippen molar-refractivity contribution in [3.63, 3.8) is 0 Å². The molecule has 0 spiro atoms. The molecule has 0 radical (unpaired) electrons. The molecular formula is C26H44N2O. The zero-order valence-corrected chi connectivity index (χ0v) is 19.2. The predicted octanol–water partition coefficient (Wildman–Crippen LogP) is 6.35. The molecule has 2 rings (SSSR count). The van der Waals surface area contributed by atoms with E-state index in [0.717, 1.165) is 31.8 Å². The quantitative estimate of drug-likeness (QED) is 0.391. The lowest BCUT2D eigenvalue weighted by Gasteiger charge is -2.32. The molecule has 2 atom stereocenters. The zero-order chi connectivity index (χ0) is 20.9. The van der Waals surface area contributed by atoms with E-state index in [4.69, 9.17) is 0 Å². The number of carbonyl (C=O) groups is 1. The Bertz CT molecular complexity index is 551. The molecule has 3 nitrogen and oxygen atoms in total. The summed E-state index contributed by atoms with van der Waals surface area (Å²) in [6.07, 6.45) is 13.0. The molecule has 1 N–H and O–H groups in total. The third kappa shape index (κ3) is 8.90. The molecule has 2 unspecified atom stereocenters. The molecule has 29 heavy (non-hydrogen) atoms. The van der Waals surface area contributed by atoms with Gasteiger partial charge in [-0.3, -0.25) is 4.79 Å². The third-order valence-electron chi connectivity index (χ3n) is 6.76. The van der Waals surface area contributed by atoms with Gasteiger partial charge in [-0.1, -0.05) is 89.1 Å². The van der Waals surface area contributed by atoms with Gasteiger partial charge in [-0.2, -0.15) is 0 Å². The number of benzene rings is 1. The summed E-state index contributed by atoms with van der Waals surface area (Å²) in [6, 6.07) is 10.3. The first-order valence-electron chi connectivity index (χ1n) is 12.2. The summed E-state index contributed by atoms with van der Waals surface area (Å²) >= 11 is 0. The number of unbranched alkanes of at least 4 members (excludes halogenated alkanes) is 4. The summed E-state index contributed by atoms with van der Waals surface area (Å²) in [5.74, 6) is 1.29. The van der Waals surface area contributed by atoms with Gasteiger partial charge in [0, 0.05) is 5.92 Å². The van der Waals surface area contributed by atoms with Crippen LogP contribution in [0.2, 0.25) is 0 Å². The van der Waals surface area contributed by atoms with Gasteiger partial charge in [0.05, 0.1) is 6.04 Å². The summed E-state index contributed by atoms with van der Waals surface area (Å²) < 4.78 is 0. The van der Waals surface area contributed by atoms with Crippen molar-refractivity contribution in [3.8, 4) is 0 Å². The fourth-order valence-electron chi connectivity index (χ4n) is 4.53. The van der Waals surface area contributed by atoms with Crippen molar-refractivity contribution >= 4 is 5.91 Å². The van der Waals surface area contributed by atoms with Gasteiger partial charge in [0.15, 0.2) is 0 Å². The van der Waals surface area contributed by atoms with Crippen molar-refractivity contribution in [2.75, 3.05) is 19.6 Å². The molecule has 1 aromatic carbocycles. The van der Waals surface area contributed by atoms with Crippen molar-refractivity contribution in [1.82, 2.24) is 10.2 Å². The van der Waals surface area contributed by atoms with Crippen LogP contribution in [-0.2, 0) is 4.79 Å². The molecule has 0 saturated carbocycles. The van der Waals surface area contributed by atoms with Crippen LogP contribution in [0.3, 0.4) is 0 Å². The normalized spacial score (nSPS) is 17.8. The van der Waals surface area contributed by atoms with E-state index in [1.54, 1.807) is 0 Å². The molecular weight excluding hydrogens is 356 g/mol. The molecule has 1 saturated heterocycles. The minimum Gasteiger partial charge on any atom is -0.349 e. The van der Waals surface area contributed by atoms with Gasteiger partial charge < -0.3 is 10.2 Å². The molecule has 1 aliphatic heterocycles. The topological polar surface area (TPSA) is 32.3 Å². The summed E-state index contributed by atoms with van der Waals surface area (Å²) in [4.78, 5) is 15.3. The molecule has 1 aromatic rings. The van der Waals surface area contributed by atoms with Crippen LogP contribution in [-0.4, -0.2) is 30.4 Å². The number of hydrogen-bond donors (Lipinski definition) is 1. The second-order valence-corrected chi connectivity index (χ2v) is 9.02. The van der Waals surface area contributed by atoms with Gasteiger partial charge in [-0.15, -0.1) is 0 Å². The van der Waals surface area contributed by atoms with E-state index in [9.17, 15) is 4.79 Å². The molecule has 1 amide bonds. The maximum Gasteiger partial charge on any atom is 0.223 e. The largest absolute Gasteiger partial charge is 0.349 e. The van der Waals surface area contributed by atoms with E-state index in [-0.39, 0.29) is 17.9 Å². The van der Waals surface area contributed by atoms with Crippen LogP contribution in [0.25, 0.3) is 0 Å². The van der Waals surface area contributed by atoms with E-state index in [2.05, 4.69) is 43.1 Å². The third-order valence-corrected chi connectivity index (χ3v) is 6.76. The van der Waals surface area contributed by atoms with Crippen molar-refractivity contribution in [2.45, 2.75) is 91.0 Å². The van der Waals surface area contributed by atoms with E-state index < -0.39 is 0 Å². The Balaban J connectivity index is 1.63. The lowest BCUT2D eigenvalue weighted by molar-refractivity contribution is -0.127. The average Bonchev–Trinajstić information content (AvgIpc) is 2.76. The fraction of sp³-hybridized carbons (Fsp3) is 0.731. The fourth-order valence-corrected chi connectivity index (χ4v) is 4.53. The standard InChI is InChI=1S/C26H44N2O/c1-4-6-7-8-10-13-23(5-2)16-19-28-20-17-25(18-21-28)26(29)27-22(3)24-14-11-9-12-15-24/h9,11-12,14-15,22-23,25H,4-8,10,13,16-21H2,1-3H3,(H,27,29). The molecule has 164 valence electrons. The van der Waals surface area contributed by atoms with Crippen molar-refractivity contribution < 1.29 is 4.79 Å². The number of rotatable bonds is 13. The summed E-state index contributed by atoms with van der Waals surface area (Å²) in [5, 5.41) is 3.22. The van der Waals surface area contributed by atoms with Crippen LogP contribution >= 0.6 is 0 Å². The molecule has 3 heteroatoms. The molecule has 0 aliphatic carbocycles. The maximum atomic E-state index is 12.7. The van der Waals surface area contributed by atoms with Crippen molar-refractivity contribution in [3.05, 3.63) is 35.9 Å². The summed E-state index contributed by atoms with van der Waals surface area (Å²) in [6.45, 7) is 10.1. The van der Waals surface area contributed by atoms with Crippen molar-refractivity contribution in [1.29, 1.82) is 0 Å². The number of nitrogens with one attached hydrogen (secondary N) is 1. The van der Waals surface area contributed by atoms with Crippen LogP contribution in [0.4, 0.5) is 0 Å². The Morgan fingerprint density at radius 1 is 1.03 bits per heavy atom. The summed E-state index contributed by atoms with van der Waals surface area (Å²) in [7, 11) is 0. The zero-order valence-electron chi connectivity index (χ0n) is 19.2. The van der Waals surface area contributed by atoms with Crippen LogP contribution in [0, 0.1) is 11.8 Å². The predicted molar refractivity (Wildman–Crippen MR) is 124 cm³/mol. The Morgan fingerprint density at radius 2 is 1.72 bits per heavy atom. The smallest absolute Gasteiger partial charge is 0.223 e. The summed E-state index contributed by atoms with van der Waals surface area (Å²) in [5.41, 5.74) is 1.18. The van der Waals surface area contributed by atoms with Gasteiger partial charge in [0.25, 0.3) is 0 Å². The van der Waals surface area contributed by atoms with Crippen LogP contribution < -0.4 is 5.32 Å². The number of nitrogens with zero attached hydrogens (tertiary/aromatic N) is 1. The second-order valence-electron chi connectivity index (χ2n) is 9.02. The highest BCUT2D eigenvalue weighted by Gasteiger charge is 2.26. The van der Waals surface area contributed by atoms with E-state index in [1.807, 2.05) is 18.2 Å². The highest BCUT2D eigenvalue weighted by molar-refractivity contribution is 5.79. The first-order valence-corrected chi connectivity index (χ1v) is 12.2. The lowest BCUT2D eigenvalue weighted by Crippen LogP contribution is -2.41. The Labute approximate surface area is 179 Å². The van der Waals surface area contributed by atoms with E-state index in [1.165, 1.54) is 63.5 Å². The Kier molecular flexibility index (Phi) is 11.4. The van der Waals surface area contributed by atoms with E-state index in [0.29, 0.717) is 0 Å². The van der Waals surface area contributed by atoms with Gasteiger partial charge in [-0.05, 0) is 57.3 Å². The first-order chi connectivity index (χ1) is 14.1. The number of carbonyl (C=O) groups excluding carboxylic acids is 1. The number of amides is 1. The number of hydrogen-bond acceptors (Lipinski definition) is 2. The average molecular weight is 401 g/mol. The van der Waals surface area contributed by atoms with Crippen molar-refractivity contribution in [2.24, 2.45) is 11.8 Å². The van der Waals surface area contributed by atoms with Gasteiger partial charge in [0.1, 0.15) is 0 Å². The number of piperidine rings is 1. The molecule has 0 aromatic heterocycles. The first kappa shape index (κ1) is 23.9. The lowest BCUT2D eigenvalue weighted by atomic mass is 9.92. The SMILES string of the molecule is CCCCCCCC(CC)CCN1CCC(C(=O)NC(C)c2ccccc2)CC1. The molecule has 1 heterocycles. The van der Waals surface area contributed by atoms with Crippen LogP contribution in [0.1, 0.15) is 96.6 Å². The molecule has 0 bridgehead atoms. The molecule has 1 fully saturated rings. The van der Waals surface area contributed by atoms with Crippen LogP contribution in [0.5, 0.6) is 0 Å². The Hall–Kier alpha value is -1.35.